The fourth-order valence-corrected chi connectivity index (χ4v) is 2.13. The maximum Gasteiger partial charge on any atom is 0.335 e. The van der Waals surface area contributed by atoms with Crippen LogP contribution in [0.1, 0.15) is 38.5 Å². The first-order valence-corrected chi connectivity index (χ1v) is 5.84. The van der Waals surface area contributed by atoms with Crippen molar-refractivity contribution >= 4 is 0 Å². The highest BCUT2D eigenvalue weighted by molar-refractivity contribution is 4.92. The topological polar surface area (TPSA) is 78.8 Å². The van der Waals surface area contributed by atoms with Gasteiger partial charge in [-0.2, -0.15) is 4.68 Å². The van der Waals surface area contributed by atoms with Gasteiger partial charge in [0.15, 0.2) is 0 Å². The van der Waals surface area contributed by atoms with Crippen molar-refractivity contribution in [3.8, 4) is 6.01 Å². The second kappa shape index (κ2) is 4.78. The second-order valence-corrected chi connectivity index (χ2v) is 4.65. The molecule has 6 nitrogen and oxygen atoms in total. The van der Waals surface area contributed by atoms with Crippen LogP contribution in [0.25, 0.3) is 0 Å². The number of nitrogens with two attached hydrogens (primary N) is 1. The maximum absolute atomic E-state index is 6.32. The van der Waals surface area contributed by atoms with E-state index in [1.54, 1.807) is 7.05 Å². The molecule has 0 saturated heterocycles. The largest absolute Gasteiger partial charge is 0.461 e. The Kier molecular flexibility index (Phi) is 3.38. The van der Waals surface area contributed by atoms with E-state index in [1.807, 2.05) is 0 Å². The molecule has 1 heterocycles. The summed E-state index contributed by atoms with van der Waals surface area (Å²) in [5, 5.41) is 11.0. The van der Waals surface area contributed by atoms with Crippen molar-refractivity contribution in [2.75, 3.05) is 6.61 Å². The van der Waals surface area contributed by atoms with Gasteiger partial charge in [-0.3, -0.25) is 0 Å². The molecule has 0 atom stereocenters. The van der Waals surface area contributed by atoms with Crippen LogP contribution in [0.4, 0.5) is 0 Å². The average molecular weight is 225 g/mol. The normalized spacial score (nSPS) is 20.4. The zero-order chi connectivity index (χ0) is 11.4. The van der Waals surface area contributed by atoms with Gasteiger partial charge in [0, 0.05) is 7.05 Å². The summed E-state index contributed by atoms with van der Waals surface area (Å²) < 4.78 is 7.09. The van der Waals surface area contributed by atoms with Crippen LogP contribution in [0.5, 0.6) is 6.01 Å². The van der Waals surface area contributed by atoms with Crippen LogP contribution in [-0.2, 0) is 7.05 Å². The molecule has 2 N–H and O–H groups in total. The number of rotatable bonds is 3. The van der Waals surface area contributed by atoms with Gasteiger partial charge in [0.05, 0.1) is 5.54 Å². The molecule has 0 amide bonds. The molecule has 0 aliphatic heterocycles. The molecule has 1 aliphatic carbocycles. The monoisotopic (exact) mass is 225 g/mol. The lowest BCUT2D eigenvalue weighted by Gasteiger charge is -2.27. The molecule has 0 radical (unpaired) electrons. The summed E-state index contributed by atoms with van der Waals surface area (Å²) in [7, 11) is 1.76. The highest BCUT2D eigenvalue weighted by Gasteiger charge is 2.27. The lowest BCUT2D eigenvalue weighted by molar-refractivity contribution is 0.181. The van der Waals surface area contributed by atoms with Crippen molar-refractivity contribution in [2.45, 2.75) is 44.1 Å². The van der Waals surface area contributed by atoms with Crippen molar-refractivity contribution in [3.05, 3.63) is 0 Å². The minimum absolute atomic E-state index is 0.206. The maximum atomic E-state index is 6.32. The molecule has 16 heavy (non-hydrogen) atoms. The number of hydrogen-bond donors (Lipinski definition) is 1. The minimum Gasteiger partial charge on any atom is -0.461 e. The van der Waals surface area contributed by atoms with Crippen LogP contribution in [0.3, 0.4) is 0 Å². The van der Waals surface area contributed by atoms with Crippen LogP contribution >= 0.6 is 0 Å². The third-order valence-electron chi connectivity index (χ3n) is 3.17. The van der Waals surface area contributed by atoms with Crippen molar-refractivity contribution in [1.82, 2.24) is 20.2 Å². The number of ether oxygens (including phenoxy) is 1. The van der Waals surface area contributed by atoms with E-state index >= 15 is 0 Å². The lowest BCUT2D eigenvalue weighted by atomic mass is 9.93. The molecule has 90 valence electrons. The van der Waals surface area contributed by atoms with Crippen molar-refractivity contribution in [3.63, 3.8) is 0 Å². The van der Waals surface area contributed by atoms with Gasteiger partial charge in [-0.15, -0.1) is 0 Å². The molecular formula is C10H19N5O. The number of aryl methyl sites for hydroxylation is 1. The van der Waals surface area contributed by atoms with Gasteiger partial charge < -0.3 is 10.5 Å². The molecule has 0 spiro atoms. The van der Waals surface area contributed by atoms with Gasteiger partial charge in [-0.05, 0) is 23.3 Å². The fraction of sp³-hybridized carbons (Fsp3) is 0.900. The fourth-order valence-electron chi connectivity index (χ4n) is 2.13. The molecule has 1 aromatic heterocycles. The summed E-state index contributed by atoms with van der Waals surface area (Å²) in [6.07, 6.45) is 7.00. The molecule has 6 heteroatoms. The van der Waals surface area contributed by atoms with Gasteiger partial charge in [-0.25, -0.2) is 0 Å². The zero-order valence-electron chi connectivity index (χ0n) is 9.72. The Morgan fingerprint density at radius 1 is 1.31 bits per heavy atom. The van der Waals surface area contributed by atoms with Crippen LogP contribution in [0, 0.1) is 0 Å². The van der Waals surface area contributed by atoms with Gasteiger partial charge in [0.2, 0.25) is 0 Å². The molecule has 2 rings (SSSR count). The predicted molar refractivity (Wildman–Crippen MR) is 58.9 cm³/mol. The second-order valence-electron chi connectivity index (χ2n) is 4.65. The highest BCUT2D eigenvalue weighted by Crippen LogP contribution is 2.25. The van der Waals surface area contributed by atoms with Gasteiger partial charge in [-0.1, -0.05) is 30.8 Å². The van der Waals surface area contributed by atoms with Crippen molar-refractivity contribution in [1.29, 1.82) is 0 Å². The van der Waals surface area contributed by atoms with Crippen molar-refractivity contribution in [2.24, 2.45) is 12.8 Å². The summed E-state index contributed by atoms with van der Waals surface area (Å²) in [6.45, 7) is 0.501. The third-order valence-corrected chi connectivity index (χ3v) is 3.17. The molecule has 0 unspecified atom stereocenters. The third kappa shape index (κ3) is 2.69. The quantitative estimate of drug-likeness (QED) is 0.764. The molecule has 1 aliphatic rings. The van der Waals surface area contributed by atoms with Crippen LogP contribution < -0.4 is 10.5 Å². The minimum atomic E-state index is -0.206. The molecule has 1 aromatic rings. The average Bonchev–Trinajstić information content (AvgIpc) is 2.54. The Hall–Kier alpha value is -1.17. The Bertz CT molecular complexity index is 330. The molecule has 1 saturated carbocycles. The molecule has 0 bridgehead atoms. The Morgan fingerprint density at radius 3 is 2.56 bits per heavy atom. The summed E-state index contributed by atoms with van der Waals surface area (Å²) in [6, 6.07) is 0.439. The van der Waals surface area contributed by atoms with E-state index in [9.17, 15) is 0 Å². The number of nitrogens with zero attached hydrogens (tertiary/aromatic N) is 4. The summed E-state index contributed by atoms with van der Waals surface area (Å²) in [5.74, 6) is 0. The van der Waals surface area contributed by atoms with E-state index < -0.39 is 0 Å². The van der Waals surface area contributed by atoms with Crippen LogP contribution in [-0.4, -0.2) is 32.4 Å². The SMILES string of the molecule is Cn1nnnc1OCC1(N)CCCCCC1. The first kappa shape index (κ1) is 11.3. The van der Waals surface area contributed by atoms with E-state index in [4.69, 9.17) is 10.5 Å². The van der Waals surface area contributed by atoms with Crippen LogP contribution in [0.2, 0.25) is 0 Å². The van der Waals surface area contributed by atoms with E-state index in [1.165, 1.54) is 30.4 Å². The number of hydrogen-bond acceptors (Lipinski definition) is 5. The van der Waals surface area contributed by atoms with E-state index in [-0.39, 0.29) is 5.54 Å². The standard InChI is InChI=1S/C10H19N5O/c1-15-9(12-13-14-15)16-8-10(11)6-4-2-3-5-7-10/h2-8,11H2,1H3. The Labute approximate surface area is 95.1 Å². The first-order chi connectivity index (χ1) is 7.70. The smallest absolute Gasteiger partial charge is 0.335 e. The molecular weight excluding hydrogens is 206 g/mol. The lowest BCUT2D eigenvalue weighted by Crippen LogP contribution is -2.45. The van der Waals surface area contributed by atoms with Gasteiger partial charge >= 0.3 is 6.01 Å². The van der Waals surface area contributed by atoms with Crippen LogP contribution in [0.15, 0.2) is 0 Å². The number of aromatic nitrogens is 4. The molecule has 0 aromatic carbocycles. The summed E-state index contributed by atoms with van der Waals surface area (Å²) in [5.41, 5.74) is 6.12. The molecule has 1 fully saturated rings. The van der Waals surface area contributed by atoms with E-state index in [0.29, 0.717) is 12.6 Å². The predicted octanol–water partition coefficient (Wildman–Crippen LogP) is 0.641. The van der Waals surface area contributed by atoms with E-state index in [0.717, 1.165) is 12.8 Å². The van der Waals surface area contributed by atoms with Gasteiger partial charge in [0.25, 0.3) is 0 Å². The van der Waals surface area contributed by atoms with E-state index in [2.05, 4.69) is 15.5 Å². The first-order valence-electron chi connectivity index (χ1n) is 5.84. The highest BCUT2D eigenvalue weighted by atomic mass is 16.5. The van der Waals surface area contributed by atoms with Gasteiger partial charge in [0.1, 0.15) is 6.61 Å². The van der Waals surface area contributed by atoms with Crippen molar-refractivity contribution < 1.29 is 4.74 Å². The Morgan fingerprint density at radius 2 is 2.00 bits per heavy atom. The zero-order valence-corrected chi connectivity index (χ0v) is 9.72. The Balaban J connectivity index is 1.90. The summed E-state index contributed by atoms with van der Waals surface area (Å²) in [4.78, 5) is 0. The summed E-state index contributed by atoms with van der Waals surface area (Å²) >= 11 is 0. The number of tetrazole rings is 1.